The van der Waals surface area contributed by atoms with Crippen LogP contribution in [0.1, 0.15) is 28.5 Å². The Hall–Kier alpha value is -1.33. The molecular formula is C15H16F3NS. The van der Waals surface area contributed by atoms with E-state index in [0.717, 1.165) is 30.5 Å². The van der Waals surface area contributed by atoms with E-state index in [1.165, 1.54) is 4.88 Å². The summed E-state index contributed by atoms with van der Waals surface area (Å²) in [4.78, 5) is 1.29. The van der Waals surface area contributed by atoms with Gasteiger partial charge >= 0.3 is 6.18 Å². The van der Waals surface area contributed by atoms with Crippen molar-refractivity contribution in [3.8, 4) is 0 Å². The molecule has 5 heteroatoms. The summed E-state index contributed by atoms with van der Waals surface area (Å²) in [5, 5.41) is 5.19. The van der Waals surface area contributed by atoms with Gasteiger partial charge in [-0.15, -0.1) is 11.3 Å². The van der Waals surface area contributed by atoms with Crippen molar-refractivity contribution < 1.29 is 13.2 Å². The summed E-state index contributed by atoms with van der Waals surface area (Å²) in [6, 6.07) is 9.54. The van der Waals surface area contributed by atoms with Gasteiger partial charge in [-0.2, -0.15) is 13.2 Å². The van der Waals surface area contributed by atoms with Gasteiger partial charge in [-0.05, 0) is 49.0 Å². The Morgan fingerprint density at radius 3 is 2.35 bits per heavy atom. The molecule has 0 aliphatic carbocycles. The van der Waals surface area contributed by atoms with E-state index in [4.69, 9.17) is 0 Å². The zero-order chi connectivity index (χ0) is 14.6. The van der Waals surface area contributed by atoms with E-state index in [-0.39, 0.29) is 6.04 Å². The van der Waals surface area contributed by atoms with Gasteiger partial charge in [0, 0.05) is 10.9 Å². The fourth-order valence-corrected chi connectivity index (χ4v) is 2.85. The lowest BCUT2D eigenvalue weighted by Crippen LogP contribution is -2.17. The number of hydrogen-bond acceptors (Lipinski definition) is 2. The van der Waals surface area contributed by atoms with E-state index in [1.807, 2.05) is 18.5 Å². The van der Waals surface area contributed by atoms with Crippen molar-refractivity contribution in [3.05, 3.63) is 57.8 Å². The Morgan fingerprint density at radius 1 is 1.15 bits per heavy atom. The third-order valence-corrected chi connectivity index (χ3v) is 4.18. The molecule has 2 aromatic rings. The number of alkyl halides is 3. The lowest BCUT2D eigenvalue weighted by molar-refractivity contribution is -0.137. The van der Waals surface area contributed by atoms with E-state index in [0.29, 0.717) is 0 Å². The second-order valence-corrected chi connectivity index (χ2v) is 5.61. The first-order valence-electron chi connectivity index (χ1n) is 6.37. The molecule has 1 atom stereocenters. The van der Waals surface area contributed by atoms with Gasteiger partial charge in [0.15, 0.2) is 0 Å². The van der Waals surface area contributed by atoms with Gasteiger partial charge in [0.1, 0.15) is 0 Å². The molecule has 0 fully saturated rings. The fourth-order valence-electron chi connectivity index (χ4n) is 2.12. The fraction of sp³-hybridized carbons (Fsp3) is 0.333. The Labute approximate surface area is 120 Å². The van der Waals surface area contributed by atoms with Gasteiger partial charge in [-0.3, -0.25) is 0 Å². The number of halogens is 3. The molecule has 0 saturated heterocycles. The first-order valence-corrected chi connectivity index (χ1v) is 7.25. The standard InChI is InChI=1S/C15H16F3NS/c1-19-14(9-8-13-3-2-10-20-13)11-4-6-12(7-5-11)15(16,17)18/h2-7,10,14,19H,8-9H2,1H3. The van der Waals surface area contributed by atoms with Crippen LogP contribution in [-0.2, 0) is 12.6 Å². The maximum Gasteiger partial charge on any atom is 0.416 e. The predicted molar refractivity (Wildman–Crippen MR) is 75.9 cm³/mol. The van der Waals surface area contributed by atoms with Crippen LogP contribution in [-0.4, -0.2) is 7.05 Å². The molecule has 1 heterocycles. The van der Waals surface area contributed by atoms with E-state index >= 15 is 0 Å². The summed E-state index contributed by atoms with van der Waals surface area (Å²) in [5.74, 6) is 0. The van der Waals surface area contributed by atoms with Gasteiger partial charge in [-0.1, -0.05) is 18.2 Å². The highest BCUT2D eigenvalue weighted by Gasteiger charge is 2.30. The van der Waals surface area contributed by atoms with Crippen molar-refractivity contribution in [2.75, 3.05) is 7.05 Å². The maximum atomic E-state index is 12.5. The lowest BCUT2D eigenvalue weighted by Gasteiger charge is -2.17. The molecule has 0 aliphatic heterocycles. The number of benzene rings is 1. The molecule has 0 aliphatic rings. The summed E-state index contributed by atoms with van der Waals surface area (Å²) in [6.07, 6.45) is -2.49. The molecule has 2 rings (SSSR count). The molecule has 20 heavy (non-hydrogen) atoms. The summed E-state index contributed by atoms with van der Waals surface area (Å²) in [7, 11) is 1.83. The van der Waals surface area contributed by atoms with Crippen LogP contribution in [0.5, 0.6) is 0 Å². The molecule has 0 amide bonds. The molecule has 1 aromatic heterocycles. The number of hydrogen-bond donors (Lipinski definition) is 1. The largest absolute Gasteiger partial charge is 0.416 e. The molecule has 108 valence electrons. The van der Waals surface area contributed by atoms with Crippen LogP contribution in [0, 0.1) is 0 Å². The Kier molecular flexibility index (Phi) is 4.83. The third kappa shape index (κ3) is 3.84. The minimum Gasteiger partial charge on any atom is -0.313 e. The second kappa shape index (κ2) is 6.41. The molecule has 1 N–H and O–H groups in total. The first-order chi connectivity index (χ1) is 9.50. The minimum absolute atomic E-state index is 0.0689. The van der Waals surface area contributed by atoms with Gasteiger partial charge in [0.25, 0.3) is 0 Å². The van der Waals surface area contributed by atoms with E-state index < -0.39 is 11.7 Å². The van der Waals surface area contributed by atoms with E-state index in [2.05, 4.69) is 11.4 Å². The monoisotopic (exact) mass is 299 g/mol. The van der Waals surface area contributed by atoms with Crippen LogP contribution < -0.4 is 5.32 Å². The van der Waals surface area contributed by atoms with Crippen molar-refractivity contribution in [2.24, 2.45) is 0 Å². The van der Waals surface area contributed by atoms with Crippen molar-refractivity contribution >= 4 is 11.3 Å². The Balaban J connectivity index is 2.04. The van der Waals surface area contributed by atoms with Crippen LogP contribution in [0.3, 0.4) is 0 Å². The minimum atomic E-state index is -4.27. The highest BCUT2D eigenvalue weighted by atomic mass is 32.1. The summed E-state index contributed by atoms with van der Waals surface area (Å²) in [6.45, 7) is 0. The number of aryl methyl sites for hydroxylation is 1. The van der Waals surface area contributed by atoms with Crippen LogP contribution in [0.25, 0.3) is 0 Å². The summed E-state index contributed by atoms with van der Waals surface area (Å²) >= 11 is 1.70. The van der Waals surface area contributed by atoms with Crippen molar-refractivity contribution in [1.82, 2.24) is 5.32 Å². The zero-order valence-corrected chi connectivity index (χ0v) is 11.9. The van der Waals surface area contributed by atoms with Gasteiger partial charge in [-0.25, -0.2) is 0 Å². The quantitative estimate of drug-likeness (QED) is 0.846. The zero-order valence-electron chi connectivity index (χ0n) is 11.1. The van der Waals surface area contributed by atoms with Crippen molar-refractivity contribution in [2.45, 2.75) is 25.1 Å². The highest BCUT2D eigenvalue weighted by molar-refractivity contribution is 7.09. The lowest BCUT2D eigenvalue weighted by atomic mass is 10.0. The van der Waals surface area contributed by atoms with Crippen molar-refractivity contribution in [1.29, 1.82) is 0 Å². The van der Waals surface area contributed by atoms with Gasteiger partial charge in [0.2, 0.25) is 0 Å². The highest BCUT2D eigenvalue weighted by Crippen LogP contribution is 2.30. The first kappa shape index (κ1) is 15.1. The number of rotatable bonds is 5. The summed E-state index contributed by atoms with van der Waals surface area (Å²) < 4.78 is 37.6. The molecule has 0 radical (unpaired) electrons. The van der Waals surface area contributed by atoms with E-state index in [1.54, 1.807) is 23.5 Å². The molecular weight excluding hydrogens is 283 g/mol. The molecule has 0 saturated carbocycles. The Bertz CT molecular complexity index is 517. The van der Waals surface area contributed by atoms with Crippen LogP contribution in [0.2, 0.25) is 0 Å². The molecule has 0 bridgehead atoms. The van der Waals surface area contributed by atoms with Gasteiger partial charge < -0.3 is 5.32 Å². The average molecular weight is 299 g/mol. The maximum absolute atomic E-state index is 12.5. The summed E-state index contributed by atoms with van der Waals surface area (Å²) in [5.41, 5.74) is 0.284. The average Bonchev–Trinajstić information content (AvgIpc) is 2.92. The molecule has 1 nitrogen and oxygen atoms in total. The molecule has 1 aromatic carbocycles. The molecule has 0 spiro atoms. The van der Waals surface area contributed by atoms with Crippen LogP contribution >= 0.6 is 11.3 Å². The second-order valence-electron chi connectivity index (χ2n) is 4.58. The normalized spacial score (nSPS) is 13.4. The van der Waals surface area contributed by atoms with Crippen LogP contribution in [0.4, 0.5) is 13.2 Å². The van der Waals surface area contributed by atoms with Crippen LogP contribution in [0.15, 0.2) is 41.8 Å². The van der Waals surface area contributed by atoms with E-state index in [9.17, 15) is 13.2 Å². The number of thiophene rings is 1. The predicted octanol–water partition coefficient (Wildman–Crippen LogP) is 4.66. The smallest absolute Gasteiger partial charge is 0.313 e. The SMILES string of the molecule is CNC(CCc1cccs1)c1ccc(C(F)(F)F)cc1. The Morgan fingerprint density at radius 2 is 1.85 bits per heavy atom. The number of nitrogens with one attached hydrogen (secondary N) is 1. The van der Waals surface area contributed by atoms with Crippen molar-refractivity contribution in [3.63, 3.8) is 0 Å². The molecule has 1 unspecified atom stereocenters. The topological polar surface area (TPSA) is 12.0 Å². The van der Waals surface area contributed by atoms with Gasteiger partial charge in [0.05, 0.1) is 5.56 Å². The third-order valence-electron chi connectivity index (χ3n) is 3.25.